The van der Waals surface area contributed by atoms with Gasteiger partial charge >= 0.3 is 0 Å². The van der Waals surface area contributed by atoms with Crippen LogP contribution in [0.25, 0.3) is 10.2 Å². The molecule has 4 rings (SSSR count). The molecule has 1 atom stereocenters. The predicted molar refractivity (Wildman–Crippen MR) is 104 cm³/mol. The summed E-state index contributed by atoms with van der Waals surface area (Å²) in [7, 11) is 0. The Labute approximate surface area is 156 Å². The second-order valence-electron chi connectivity index (χ2n) is 6.47. The van der Waals surface area contributed by atoms with Crippen molar-refractivity contribution in [3.8, 4) is 0 Å². The summed E-state index contributed by atoms with van der Waals surface area (Å²) in [6.07, 6.45) is -0.443. The van der Waals surface area contributed by atoms with Gasteiger partial charge in [0.25, 0.3) is 0 Å². The molecular formula is C19H21ClN3OS+. The highest BCUT2D eigenvalue weighted by Gasteiger charge is 2.24. The van der Waals surface area contributed by atoms with Gasteiger partial charge in [0.15, 0.2) is 5.13 Å². The molecule has 1 aliphatic rings. The van der Waals surface area contributed by atoms with Crippen LogP contribution in [0.3, 0.4) is 0 Å². The van der Waals surface area contributed by atoms with E-state index in [4.69, 9.17) is 16.6 Å². The van der Waals surface area contributed by atoms with E-state index in [9.17, 15) is 5.11 Å². The molecular weight excluding hydrogens is 354 g/mol. The smallest absolute Gasteiger partial charge is 0.186 e. The van der Waals surface area contributed by atoms with E-state index in [0.717, 1.165) is 48.9 Å². The van der Waals surface area contributed by atoms with E-state index in [1.165, 1.54) is 9.60 Å². The molecule has 0 saturated carbocycles. The first kappa shape index (κ1) is 16.8. The Kier molecular flexibility index (Phi) is 4.90. The number of quaternary nitrogens is 1. The van der Waals surface area contributed by atoms with Crippen molar-refractivity contribution in [1.82, 2.24) is 4.98 Å². The molecule has 4 nitrogen and oxygen atoms in total. The number of nitrogens with one attached hydrogen (secondary N) is 1. The summed E-state index contributed by atoms with van der Waals surface area (Å²) in [4.78, 5) is 8.55. The van der Waals surface area contributed by atoms with Crippen LogP contribution in [0.4, 0.5) is 5.13 Å². The number of anilines is 1. The van der Waals surface area contributed by atoms with E-state index < -0.39 is 6.10 Å². The first-order chi connectivity index (χ1) is 12.2. The van der Waals surface area contributed by atoms with Gasteiger partial charge in [-0.1, -0.05) is 47.2 Å². The number of thiazole rings is 1. The van der Waals surface area contributed by atoms with Crippen molar-refractivity contribution < 1.29 is 10.0 Å². The highest BCUT2D eigenvalue weighted by molar-refractivity contribution is 7.22. The number of aromatic nitrogens is 1. The maximum Gasteiger partial charge on any atom is 0.186 e. The summed E-state index contributed by atoms with van der Waals surface area (Å²) >= 11 is 7.68. The highest BCUT2D eigenvalue weighted by atomic mass is 35.5. The summed E-state index contributed by atoms with van der Waals surface area (Å²) in [5.74, 6) is 0. The van der Waals surface area contributed by atoms with Gasteiger partial charge in [-0.2, -0.15) is 0 Å². The number of fused-ring (bicyclic) bond motifs is 1. The zero-order valence-corrected chi connectivity index (χ0v) is 15.4. The molecule has 0 aliphatic carbocycles. The SMILES string of the molecule is O[C@@H](C[NH+]1CCN(c2nc3ccccc3s2)CC1)c1ccc(Cl)cc1. The van der Waals surface area contributed by atoms with E-state index in [1.54, 1.807) is 11.3 Å². The Morgan fingerprint density at radius 1 is 1.12 bits per heavy atom. The Hall–Kier alpha value is -1.66. The number of para-hydroxylation sites is 1. The Morgan fingerprint density at radius 2 is 1.84 bits per heavy atom. The monoisotopic (exact) mass is 374 g/mol. The molecule has 2 heterocycles. The van der Waals surface area contributed by atoms with Crippen LogP contribution >= 0.6 is 22.9 Å². The molecule has 2 aromatic carbocycles. The maximum absolute atomic E-state index is 10.5. The molecule has 1 saturated heterocycles. The van der Waals surface area contributed by atoms with Gasteiger partial charge in [0.2, 0.25) is 0 Å². The van der Waals surface area contributed by atoms with Gasteiger partial charge in [-0.15, -0.1) is 0 Å². The van der Waals surface area contributed by atoms with Crippen molar-refractivity contribution in [2.45, 2.75) is 6.10 Å². The number of rotatable bonds is 4. The quantitative estimate of drug-likeness (QED) is 0.736. The number of hydrogen-bond acceptors (Lipinski definition) is 4. The number of benzene rings is 2. The molecule has 0 unspecified atom stereocenters. The molecule has 3 aromatic rings. The van der Waals surface area contributed by atoms with Crippen molar-refractivity contribution in [2.75, 3.05) is 37.6 Å². The maximum atomic E-state index is 10.5. The second kappa shape index (κ2) is 7.30. The van der Waals surface area contributed by atoms with Crippen molar-refractivity contribution in [3.05, 3.63) is 59.1 Å². The standard InChI is InChI=1S/C19H20ClN3OS/c20-15-7-5-14(6-8-15)17(24)13-22-9-11-23(12-10-22)19-21-16-3-1-2-4-18(16)25-19/h1-8,17,24H,9-13H2/p+1/t17-/m0/s1. The van der Waals surface area contributed by atoms with E-state index >= 15 is 0 Å². The largest absolute Gasteiger partial charge is 0.382 e. The third-order valence-electron chi connectivity index (χ3n) is 4.76. The lowest BCUT2D eigenvalue weighted by molar-refractivity contribution is -0.904. The van der Waals surface area contributed by atoms with Crippen LogP contribution in [0, 0.1) is 0 Å². The van der Waals surface area contributed by atoms with Crippen LogP contribution in [-0.2, 0) is 0 Å². The number of piperazine rings is 1. The van der Waals surface area contributed by atoms with E-state index in [-0.39, 0.29) is 0 Å². The van der Waals surface area contributed by atoms with Crippen LogP contribution in [-0.4, -0.2) is 42.8 Å². The lowest BCUT2D eigenvalue weighted by atomic mass is 10.1. The molecule has 0 radical (unpaired) electrons. The number of hydrogen-bond donors (Lipinski definition) is 2. The average molecular weight is 375 g/mol. The highest BCUT2D eigenvalue weighted by Crippen LogP contribution is 2.28. The Balaban J connectivity index is 1.35. The molecule has 130 valence electrons. The first-order valence-corrected chi connectivity index (χ1v) is 9.76. The zero-order valence-electron chi connectivity index (χ0n) is 13.9. The molecule has 25 heavy (non-hydrogen) atoms. The minimum absolute atomic E-state index is 0.443. The lowest BCUT2D eigenvalue weighted by Crippen LogP contribution is -3.15. The molecule has 1 aliphatic heterocycles. The lowest BCUT2D eigenvalue weighted by Gasteiger charge is -2.33. The van der Waals surface area contributed by atoms with E-state index in [1.807, 2.05) is 30.3 Å². The minimum Gasteiger partial charge on any atom is -0.382 e. The normalized spacial score (nSPS) is 17.1. The van der Waals surface area contributed by atoms with Crippen LogP contribution < -0.4 is 9.80 Å². The fourth-order valence-electron chi connectivity index (χ4n) is 3.29. The second-order valence-corrected chi connectivity index (χ2v) is 7.92. The predicted octanol–water partition coefficient (Wildman–Crippen LogP) is 2.39. The fraction of sp³-hybridized carbons (Fsp3) is 0.316. The molecule has 1 fully saturated rings. The van der Waals surface area contributed by atoms with Crippen molar-refractivity contribution in [2.24, 2.45) is 0 Å². The van der Waals surface area contributed by atoms with Gasteiger partial charge in [-0.25, -0.2) is 4.98 Å². The van der Waals surface area contributed by atoms with Crippen LogP contribution in [0.15, 0.2) is 48.5 Å². The van der Waals surface area contributed by atoms with Gasteiger partial charge in [0, 0.05) is 5.02 Å². The molecule has 0 spiro atoms. The minimum atomic E-state index is -0.443. The first-order valence-electron chi connectivity index (χ1n) is 8.57. The van der Waals surface area contributed by atoms with Gasteiger partial charge in [0.05, 0.1) is 36.4 Å². The average Bonchev–Trinajstić information content (AvgIpc) is 3.07. The van der Waals surface area contributed by atoms with Gasteiger partial charge < -0.3 is 14.9 Å². The summed E-state index contributed by atoms with van der Waals surface area (Å²) in [6.45, 7) is 4.71. The fourth-order valence-corrected chi connectivity index (χ4v) is 4.43. The summed E-state index contributed by atoms with van der Waals surface area (Å²) in [5.41, 5.74) is 2.01. The number of aliphatic hydroxyl groups excluding tert-OH is 1. The van der Waals surface area contributed by atoms with E-state index in [0.29, 0.717) is 5.02 Å². The van der Waals surface area contributed by atoms with Crippen LogP contribution in [0.2, 0.25) is 5.02 Å². The molecule has 1 aromatic heterocycles. The van der Waals surface area contributed by atoms with Crippen molar-refractivity contribution in [3.63, 3.8) is 0 Å². The number of aliphatic hydroxyl groups is 1. The number of nitrogens with zero attached hydrogens (tertiary/aromatic N) is 2. The van der Waals surface area contributed by atoms with Gasteiger partial charge in [-0.3, -0.25) is 0 Å². The number of halogens is 1. The molecule has 0 amide bonds. The van der Waals surface area contributed by atoms with Gasteiger partial charge in [0.1, 0.15) is 12.6 Å². The molecule has 2 N–H and O–H groups in total. The van der Waals surface area contributed by atoms with Crippen molar-refractivity contribution in [1.29, 1.82) is 0 Å². The van der Waals surface area contributed by atoms with Crippen molar-refractivity contribution >= 4 is 38.3 Å². The Morgan fingerprint density at radius 3 is 2.56 bits per heavy atom. The van der Waals surface area contributed by atoms with Gasteiger partial charge in [-0.05, 0) is 29.8 Å². The summed E-state index contributed by atoms with van der Waals surface area (Å²) in [6, 6.07) is 15.8. The molecule has 0 bridgehead atoms. The van der Waals surface area contributed by atoms with Crippen LogP contribution in [0.1, 0.15) is 11.7 Å². The van der Waals surface area contributed by atoms with E-state index in [2.05, 4.69) is 23.1 Å². The third-order valence-corrected chi connectivity index (χ3v) is 6.11. The third kappa shape index (κ3) is 3.80. The Bertz CT molecular complexity index is 810. The summed E-state index contributed by atoms with van der Waals surface area (Å²) in [5, 5.41) is 12.3. The molecule has 6 heteroatoms. The topological polar surface area (TPSA) is 40.8 Å². The van der Waals surface area contributed by atoms with Crippen LogP contribution in [0.5, 0.6) is 0 Å². The zero-order chi connectivity index (χ0) is 17.2. The summed E-state index contributed by atoms with van der Waals surface area (Å²) < 4.78 is 1.24.